The average molecular weight is 283 g/mol. The van der Waals surface area contributed by atoms with Crippen molar-refractivity contribution in [3.63, 3.8) is 0 Å². The quantitative estimate of drug-likeness (QED) is 0.649. The average Bonchev–Trinajstić information content (AvgIpc) is 2.98. The van der Waals surface area contributed by atoms with E-state index < -0.39 is 0 Å². The third-order valence-electron chi connectivity index (χ3n) is 2.29. The lowest BCUT2D eigenvalue weighted by Crippen LogP contribution is -2.27. The number of thiophene rings is 1. The first kappa shape index (κ1) is 12.9. The lowest BCUT2D eigenvalue weighted by Gasteiger charge is -2.15. The number of hydrogen-bond donors (Lipinski definition) is 1. The maximum Gasteiger partial charge on any atom is 0.233 e. The Morgan fingerprint density at radius 1 is 1.67 bits per heavy atom. The van der Waals surface area contributed by atoms with E-state index >= 15 is 0 Å². The molecule has 0 fully saturated rings. The number of aromatic nitrogens is 3. The predicted molar refractivity (Wildman–Crippen MR) is 71.7 cm³/mol. The topological polar surface area (TPSA) is 77.0 Å². The smallest absolute Gasteiger partial charge is 0.233 e. The molecule has 0 aliphatic rings. The van der Waals surface area contributed by atoms with Crippen molar-refractivity contribution in [3.8, 4) is 0 Å². The van der Waals surface area contributed by atoms with Gasteiger partial charge < -0.3 is 10.7 Å². The summed E-state index contributed by atoms with van der Waals surface area (Å²) in [5, 5.41) is 12.0. The van der Waals surface area contributed by atoms with Gasteiger partial charge in [-0.3, -0.25) is 4.79 Å². The van der Waals surface area contributed by atoms with Crippen LogP contribution >= 0.6 is 23.1 Å². The van der Waals surface area contributed by atoms with Crippen LogP contribution in [-0.4, -0.2) is 38.5 Å². The Bertz CT molecular complexity index is 510. The number of nitrogens with two attached hydrogens (primary N) is 1. The maximum absolute atomic E-state index is 11.9. The first-order valence-electron chi connectivity index (χ1n) is 5.19. The fraction of sp³-hybridized carbons (Fsp3) is 0.300. The zero-order chi connectivity index (χ0) is 13.0. The van der Waals surface area contributed by atoms with Crippen LogP contribution in [0.25, 0.3) is 0 Å². The number of carbonyl (C=O) groups excluding carboxylic acids is 1. The van der Waals surface area contributed by atoms with Crippen molar-refractivity contribution in [2.24, 2.45) is 0 Å². The van der Waals surface area contributed by atoms with Gasteiger partial charge >= 0.3 is 0 Å². The van der Waals surface area contributed by atoms with Crippen molar-refractivity contribution in [1.29, 1.82) is 0 Å². The molecule has 0 unspecified atom stereocenters. The predicted octanol–water partition coefficient (Wildman–Crippen LogP) is 0.804. The van der Waals surface area contributed by atoms with Gasteiger partial charge in [-0.25, -0.2) is 4.68 Å². The molecule has 0 radical (unpaired) electrons. The van der Waals surface area contributed by atoms with E-state index in [-0.39, 0.29) is 5.91 Å². The van der Waals surface area contributed by atoms with Crippen LogP contribution in [0.4, 0.5) is 0 Å². The fourth-order valence-electron chi connectivity index (χ4n) is 1.32. The molecule has 0 aromatic carbocycles. The lowest BCUT2D eigenvalue weighted by molar-refractivity contribution is -0.127. The highest BCUT2D eigenvalue weighted by atomic mass is 32.2. The summed E-state index contributed by atoms with van der Waals surface area (Å²) in [6.45, 7) is 0.623. The number of amides is 1. The minimum absolute atomic E-state index is 0.0363. The fourth-order valence-corrected chi connectivity index (χ4v) is 2.75. The molecule has 0 bridgehead atoms. The van der Waals surface area contributed by atoms with Gasteiger partial charge in [-0.15, -0.1) is 10.2 Å². The van der Waals surface area contributed by atoms with Crippen LogP contribution in [0.1, 0.15) is 5.56 Å². The lowest BCUT2D eigenvalue weighted by atomic mass is 10.3. The number of thioether (sulfide) groups is 1. The minimum atomic E-state index is 0.0363. The standard InChI is InChI=1S/C10H13N5OS2/c1-14(4-8-2-3-17-5-8)9(16)6-18-10-13-12-7-15(10)11/h2-3,5,7H,4,6,11H2,1H3. The highest BCUT2D eigenvalue weighted by Gasteiger charge is 2.12. The van der Waals surface area contributed by atoms with Crippen LogP contribution in [-0.2, 0) is 11.3 Å². The van der Waals surface area contributed by atoms with Gasteiger partial charge in [0.05, 0.1) is 5.75 Å². The van der Waals surface area contributed by atoms with Crippen LogP contribution in [0.15, 0.2) is 28.3 Å². The molecule has 2 heterocycles. The third kappa shape index (κ3) is 3.23. The zero-order valence-electron chi connectivity index (χ0n) is 9.81. The van der Waals surface area contributed by atoms with Gasteiger partial charge in [0.25, 0.3) is 0 Å². The molecule has 18 heavy (non-hydrogen) atoms. The van der Waals surface area contributed by atoms with E-state index in [0.717, 1.165) is 5.56 Å². The highest BCUT2D eigenvalue weighted by Crippen LogP contribution is 2.14. The van der Waals surface area contributed by atoms with Crippen molar-refractivity contribution < 1.29 is 4.79 Å². The molecular weight excluding hydrogens is 270 g/mol. The molecule has 0 saturated carbocycles. The number of rotatable bonds is 5. The monoisotopic (exact) mass is 283 g/mol. The van der Waals surface area contributed by atoms with E-state index in [1.165, 1.54) is 22.8 Å². The van der Waals surface area contributed by atoms with E-state index in [1.807, 2.05) is 16.8 Å². The summed E-state index contributed by atoms with van der Waals surface area (Å²) in [5.41, 5.74) is 1.14. The molecule has 0 saturated heterocycles. The molecule has 96 valence electrons. The zero-order valence-corrected chi connectivity index (χ0v) is 11.4. The molecular formula is C10H13N5OS2. The molecule has 2 aromatic heterocycles. The van der Waals surface area contributed by atoms with Crippen LogP contribution in [0.3, 0.4) is 0 Å². The van der Waals surface area contributed by atoms with Crippen molar-refractivity contribution in [1.82, 2.24) is 19.8 Å². The molecule has 2 aromatic rings. The maximum atomic E-state index is 11.9. The van der Waals surface area contributed by atoms with E-state index in [2.05, 4.69) is 10.2 Å². The van der Waals surface area contributed by atoms with Crippen molar-refractivity contribution in [3.05, 3.63) is 28.7 Å². The summed E-state index contributed by atoms with van der Waals surface area (Å²) in [4.78, 5) is 13.6. The molecule has 0 atom stereocenters. The van der Waals surface area contributed by atoms with Gasteiger partial charge in [-0.2, -0.15) is 11.3 Å². The van der Waals surface area contributed by atoms with Crippen LogP contribution in [0.5, 0.6) is 0 Å². The van der Waals surface area contributed by atoms with Crippen LogP contribution in [0.2, 0.25) is 0 Å². The van der Waals surface area contributed by atoms with Crippen molar-refractivity contribution in [2.45, 2.75) is 11.7 Å². The summed E-state index contributed by atoms with van der Waals surface area (Å²) < 4.78 is 1.30. The van der Waals surface area contributed by atoms with Gasteiger partial charge in [0.15, 0.2) is 0 Å². The molecule has 2 rings (SSSR count). The Hall–Kier alpha value is -1.54. The number of hydrogen-bond acceptors (Lipinski definition) is 6. The van der Waals surface area contributed by atoms with E-state index in [4.69, 9.17) is 5.84 Å². The highest BCUT2D eigenvalue weighted by molar-refractivity contribution is 7.99. The molecule has 8 heteroatoms. The largest absolute Gasteiger partial charge is 0.341 e. The summed E-state index contributed by atoms with van der Waals surface area (Å²) in [5.74, 6) is 5.90. The second kappa shape index (κ2) is 5.87. The van der Waals surface area contributed by atoms with Gasteiger partial charge in [-0.1, -0.05) is 11.8 Å². The number of carbonyl (C=O) groups is 1. The van der Waals surface area contributed by atoms with Crippen molar-refractivity contribution in [2.75, 3.05) is 18.6 Å². The molecule has 6 nitrogen and oxygen atoms in total. The Balaban J connectivity index is 1.82. The van der Waals surface area contributed by atoms with E-state index in [0.29, 0.717) is 17.5 Å². The second-order valence-electron chi connectivity index (χ2n) is 3.69. The molecule has 0 aliphatic heterocycles. The van der Waals surface area contributed by atoms with Crippen molar-refractivity contribution >= 4 is 29.0 Å². The number of nitrogen functional groups attached to an aromatic ring is 1. The Kier molecular flexibility index (Phi) is 4.21. The van der Waals surface area contributed by atoms with Gasteiger partial charge in [0, 0.05) is 13.6 Å². The first-order valence-corrected chi connectivity index (χ1v) is 7.12. The molecule has 1 amide bonds. The minimum Gasteiger partial charge on any atom is -0.341 e. The first-order chi connectivity index (χ1) is 8.66. The third-order valence-corrected chi connectivity index (χ3v) is 3.96. The van der Waals surface area contributed by atoms with Gasteiger partial charge in [0.2, 0.25) is 11.1 Å². The van der Waals surface area contributed by atoms with Gasteiger partial charge in [-0.05, 0) is 22.4 Å². The summed E-state index contributed by atoms with van der Waals surface area (Å²) in [6.07, 6.45) is 1.40. The van der Waals surface area contributed by atoms with E-state index in [1.54, 1.807) is 23.3 Å². The Labute approximate surface area is 113 Å². The SMILES string of the molecule is CN(Cc1ccsc1)C(=O)CSc1nncn1N. The van der Waals surface area contributed by atoms with Crippen LogP contribution < -0.4 is 5.84 Å². The summed E-state index contributed by atoms with van der Waals surface area (Å²) in [6, 6.07) is 2.01. The van der Waals surface area contributed by atoms with E-state index in [9.17, 15) is 4.79 Å². The summed E-state index contributed by atoms with van der Waals surface area (Å²) >= 11 is 2.90. The van der Waals surface area contributed by atoms with Crippen LogP contribution in [0, 0.1) is 0 Å². The molecule has 0 spiro atoms. The normalized spacial score (nSPS) is 10.5. The number of nitrogens with zero attached hydrogens (tertiary/aromatic N) is 4. The summed E-state index contributed by atoms with van der Waals surface area (Å²) in [7, 11) is 1.79. The van der Waals surface area contributed by atoms with Gasteiger partial charge in [0.1, 0.15) is 6.33 Å². The molecule has 0 aliphatic carbocycles. The second-order valence-corrected chi connectivity index (χ2v) is 5.41. The Morgan fingerprint density at radius 2 is 2.50 bits per heavy atom. The molecule has 2 N–H and O–H groups in total. The Morgan fingerprint density at radius 3 is 3.11 bits per heavy atom.